The second kappa shape index (κ2) is 10.7. The predicted octanol–water partition coefficient (Wildman–Crippen LogP) is 6.24. The molecule has 7 rings (SSSR count). The van der Waals surface area contributed by atoms with Crippen molar-refractivity contribution in [1.82, 2.24) is 24.3 Å². The summed E-state index contributed by atoms with van der Waals surface area (Å²) in [5.74, 6) is -1.96. The monoisotopic (exact) mass is 578 g/mol. The van der Waals surface area contributed by atoms with Crippen molar-refractivity contribution in [3.05, 3.63) is 119 Å². The number of para-hydroxylation sites is 1. The van der Waals surface area contributed by atoms with E-state index in [4.69, 9.17) is 4.74 Å². The number of nitrogens with zero attached hydrogens (tertiary/aromatic N) is 4. The van der Waals surface area contributed by atoms with Crippen LogP contribution in [0.3, 0.4) is 0 Å². The number of halogens is 2. The zero-order valence-electron chi connectivity index (χ0n) is 22.7. The van der Waals surface area contributed by atoms with Crippen LogP contribution in [0.25, 0.3) is 27.8 Å². The van der Waals surface area contributed by atoms with E-state index in [1.54, 1.807) is 16.9 Å². The molecule has 0 fully saturated rings. The van der Waals surface area contributed by atoms with E-state index >= 15 is 4.39 Å². The van der Waals surface area contributed by atoms with Crippen LogP contribution in [-0.2, 0) is 13.0 Å². The lowest BCUT2D eigenvalue weighted by Gasteiger charge is -2.19. The fourth-order valence-corrected chi connectivity index (χ4v) is 5.54. The molecule has 0 spiro atoms. The van der Waals surface area contributed by atoms with Crippen LogP contribution >= 0.6 is 0 Å². The molecule has 11 heteroatoms. The van der Waals surface area contributed by atoms with E-state index < -0.39 is 23.1 Å². The summed E-state index contributed by atoms with van der Waals surface area (Å²) in [5, 5.41) is 3.22. The van der Waals surface area contributed by atoms with Gasteiger partial charge in [0.15, 0.2) is 11.6 Å². The van der Waals surface area contributed by atoms with E-state index in [1.165, 1.54) is 41.3 Å². The van der Waals surface area contributed by atoms with Gasteiger partial charge in [0.2, 0.25) is 5.88 Å². The Morgan fingerprint density at radius 3 is 2.58 bits per heavy atom. The number of fused-ring (bicyclic) bond motifs is 2. The first kappa shape index (κ1) is 26.3. The molecular weight excluding hydrogens is 554 g/mol. The molecule has 0 saturated carbocycles. The van der Waals surface area contributed by atoms with Crippen LogP contribution in [0.5, 0.6) is 11.6 Å². The summed E-state index contributed by atoms with van der Waals surface area (Å²) in [7, 11) is 0. The van der Waals surface area contributed by atoms with Crippen LogP contribution in [0.15, 0.2) is 90.1 Å². The lowest BCUT2D eigenvalue weighted by atomic mass is 10.1. The molecule has 3 aromatic heterocycles. The van der Waals surface area contributed by atoms with Gasteiger partial charge in [-0.15, -0.1) is 0 Å². The molecule has 9 nitrogen and oxygen atoms in total. The van der Waals surface area contributed by atoms with Crippen molar-refractivity contribution in [3.8, 4) is 28.4 Å². The van der Waals surface area contributed by atoms with Crippen molar-refractivity contribution in [2.24, 2.45) is 0 Å². The number of aromatic nitrogens is 5. The molecule has 2 N–H and O–H groups in total. The van der Waals surface area contributed by atoms with Gasteiger partial charge in [0, 0.05) is 30.1 Å². The van der Waals surface area contributed by atoms with Gasteiger partial charge < -0.3 is 15.0 Å². The maximum Gasteiger partial charge on any atom is 0.284 e. The topological polar surface area (TPSA) is 107 Å². The highest BCUT2D eigenvalue weighted by molar-refractivity contribution is 6.05. The smallest absolute Gasteiger partial charge is 0.284 e. The SMILES string of the molecule is O=C(Nc1ccc(Oc2ncnc3[nH]cc(-c4ccccc4)c23)c(F)c1)c1c2n(n(-c3ccccc3F)c1=O)CCCC2. The van der Waals surface area contributed by atoms with Crippen LogP contribution < -0.4 is 15.6 Å². The number of carbonyl (C=O) groups excluding carboxylic acids is 1. The predicted molar refractivity (Wildman–Crippen MR) is 157 cm³/mol. The fourth-order valence-electron chi connectivity index (χ4n) is 5.54. The van der Waals surface area contributed by atoms with Crippen molar-refractivity contribution in [3.63, 3.8) is 0 Å². The first-order valence-electron chi connectivity index (χ1n) is 13.8. The summed E-state index contributed by atoms with van der Waals surface area (Å²) in [6.07, 6.45) is 5.17. The number of carbonyl (C=O) groups is 1. The zero-order valence-corrected chi connectivity index (χ0v) is 22.7. The average molecular weight is 579 g/mol. The number of ether oxygens (including phenoxy) is 1. The number of rotatable bonds is 6. The van der Waals surface area contributed by atoms with E-state index in [0.29, 0.717) is 29.7 Å². The van der Waals surface area contributed by atoms with Crippen molar-refractivity contribution in [2.75, 3.05) is 5.32 Å². The molecule has 0 bridgehead atoms. The van der Waals surface area contributed by atoms with Gasteiger partial charge in [-0.3, -0.25) is 14.3 Å². The number of anilines is 1. The third-order valence-corrected chi connectivity index (χ3v) is 7.51. The van der Waals surface area contributed by atoms with Crippen molar-refractivity contribution in [2.45, 2.75) is 25.8 Å². The number of aromatic amines is 1. The standard InChI is InChI=1S/C32H24F2N6O3/c33-22-10-4-5-11-24(22)40-32(42)28(25-12-6-7-15-39(25)40)30(41)38-20-13-14-26(23(34)16-20)43-31-27-21(19-8-2-1-3-9-19)17-35-29(27)36-18-37-31/h1-5,8-11,13-14,16-18H,6-7,12,15H2,(H,38,41)(H,35,36,37). The van der Waals surface area contributed by atoms with Crippen LogP contribution in [0.2, 0.25) is 0 Å². The van der Waals surface area contributed by atoms with Gasteiger partial charge >= 0.3 is 0 Å². The summed E-state index contributed by atoms with van der Waals surface area (Å²) < 4.78 is 38.7. The minimum Gasteiger partial charge on any atom is -0.435 e. The Morgan fingerprint density at radius 1 is 0.953 bits per heavy atom. The summed E-state index contributed by atoms with van der Waals surface area (Å²) in [6, 6.07) is 19.5. The van der Waals surface area contributed by atoms with Crippen LogP contribution in [0.4, 0.5) is 14.5 Å². The maximum absolute atomic E-state index is 15.3. The molecule has 6 aromatic rings. The molecule has 214 valence electrons. The summed E-state index contributed by atoms with van der Waals surface area (Å²) in [5.41, 5.74) is 2.24. The van der Waals surface area contributed by atoms with Crippen molar-refractivity contribution >= 4 is 22.6 Å². The Balaban J connectivity index is 1.18. The van der Waals surface area contributed by atoms with E-state index in [0.717, 1.165) is 30.0 Å². The third kappa shape index (κ3) is 4.64. The number of nitrogens with one attached hydrogen (secondary N) is 2. The lowest BCUT2D eigenvalue weighted by Crippen LogP contribution is -2.26. The van der Waals surface area contributed by atoms with Gasteiger partial charge in [0.25, 0.3) is 11.5 Å². The average Bonchev–Trinajstić information content (AvgIpc) is 3.58. The lowest BCUT2D eigenvalue weighted by molar-refractivity contribution is 0.102. The zero-order chi connectivity index (χ0) is 29.5. The Hall–Kier alpha value is -5.58. The number of hydrogen-bond donors (Lipinski definition) is 2. The molecule has 43 heavy (non-hydrogen) atoms. The minimum atomic E-state index is -0.746. The van der Waals surface area contributed by atoms with Crippen LogP contribution in [-0.4, -0.2) is 30.2 Å². The molecule has 1 amide bonds. The number of benzene rings is 3. The second-order valence-corrected chi connectivity index (χ2v) is 10.1. The van der Waals surface area contributed by atoms with Crippen molar-refractivity contribution in [1.29, 1.82) is 0 Å². The molecule has 4 heterocycles. The quantitative estimate of drug-likeness (QED) is 0.244. The molecule has 1 aliphatic rings. The Morgan fingerprint density at radius 2 is 1.77 bits per heavy atom. The van der Waals surface area contributed by atoms with Gasteiger partial charge in [-0.05, 0) is 49.1 Å². The van der Waals surface area contributed by atoms with E-state index in [1.807, 2.05) is 30.3 Å². The first-order valence-corrected chi connectivity index (χ1v) is 13.8. The highest BCUT2D eigenvalue weighted by atomic mass is 19.1. The first-order chi connectivity index (χ1) is 21.0. The van der Waals surface area contributed by atoms with Gasteiger partial charge in [0.1, 0.15) is 29.0 Å². The number of H-pyrrole nitrogens is 1. The molecule has 1 aliphatic heterocycles. The molecule has 0 aliphatic carbocycles. The summed E-state index contributed by atoms with van der Waals surface area (Å²) in [6.45, 7) is 0.469. The summed E-state index contributed by atoms with van der Waals surface area (Å²) in [4.78, 5) is 38.5. The maximum atomic E-state index is 15.3. The number of hydrogen-bond acceptors (Lipinski definition) is 5. The minimum absolute atomic E-state index is 0.0684. The third-order valence-electron chi connectivity index (χ3n) is 7.51. The molecule has 3 aromatic carbocycles. The van der Waals surface area contributed by atoms with Crippen LogP contribution in [0, 0.1) is 11.6 Å². The molecule has 0 unspecified atom stereocenters. The summed E-state index contributed by atoms with van der Waals surface area (Å²) >= 11 is 0. The normalized spacial score (nSPS) is 12.7. The van der Waals surface area contributed by atoms with E-state index in [9.17, 15) is 14.0 Å². The van der Waals surface area contributed by atoms with Gasteiger partial charge in [-0.2, -0.15) is 0 Å². The van der Waals surface area contributed by atoms with E-state index in [2.05, 4.69) is 20.3 Å². The Bertz CT molecular complexity index is 2070. The molecule has 0 atom stereocenters. The largest absolute Gasteiger partial charge is 0.435 e. The Labute approximate surface area is 243 Å². The van der Waals surface area contributed by atoms with E-state index in [-0.39, 0.29) is 28.6 Å². The molecule has 0 radical (unpaired) electrons. The van der Waals surface area contributed by atoms with Gasteiger partial charge in [0.05, 0.1) is 11.1 Å². The van der Waals surface area contributed by atoms with Crippen molar-refractivity contribution < 1.29 is 18.3 Å². The number of amides is 1. The molecular formula is C32H24F2N6O3. The Kier molecular flexibility index (Phi) is 6.54. The van der Waals surface area contributed by atoms with Gasteiger partial charge in [-0.1, -0.05) is 42.5 Å². The van der Waals surface area contributed by atoms with Crippen LogP contribution in [0.1, 0.15) is 28.9 Å². The second-order valence-electron chi connectivity index (χ2n) is 10.1. The highest BCUT2D eigenvalue weighted by Gasteiger charge is 2.29. The molecule has 0 saturated heterocycles. The fraction of sp³-hybridized carbons (Fsp3) is 0.125. The van der Waals surface area contributed by atoms with Gasteiger partial charge in [-0.25, -0.2) is 23.4 Å². The highest BCUT2D eigenvalue weighted by Crippen LogP contribution is 2.36.